The van der Waals surface area contributed by atoms with E-state index in [-0.39, 0.29) is 49.6 Å². The van der Waals surface area contributed by atoms with Crippen molar-refractivity contribution >= 4 is 83.6 Å². The fourth-order valence-electron chi connectivity index (χ4n) is 3.76. The lowest BCUT2D eigenvalue weighted by Crippen LogP contribution is -2.16. The minimum absolute atomic E-state index is 0.0339. The van der Waals surface area contributed by atoms with Gasteiger partial charge in [-0.3, -0.25) is 24.0 Å². The molecule has 38 heavy (non-hydrogen) atoms. The van der Waals surface area contributed by atoms with Crippen molar-refractivity contribution in [1.82, 2.24) is 0 Å². The van der Waals surface area contributed by atoms with Gasteiger partial charge in [-0.15, -0.1) is 22.7 Å². The van der Waals surface area contributed by atoms with Crippen molar-refractivity contribution in [3.8, 4) is 0 Å². The molecule has 4 aromatic rings. The van der Waals surface area contributed by atoms with Crippen LogP contribution >= 0.6 is 22.7 Å². The zero-order valence-corrected chi connectivity index (χ0v) is 21.7. The normalized spacial score (nSPS) is 10.9. The van der Waals surface area contributed by atoms with Crippen molar-refractivity contribution in [2.75, 3.05) is 17.2 Å². The maximum Gasteiger partial charge on any atom is 0.303 e. The van der Waals surface area contributed by atoms with Crippen molar-refractivity contribution in [3.63, 3.8) is 0 Å². The van der Waals surface area contributed by atoms with E-state index in [0.29, 0.717) is 22.0 Å². The predicted molar refractivity (Wildman–Crippen MR) is 148 cm³/mol. The van der Waals surface area contributed by atoms with Gasteiger partial charge in [0.05, 0.1) is 22.6 Å². The van der Waals surface area contributed by atoms with Crippen LogP contribution in [0.4, 0.5) is 11.4 Å². The third-order valence-electron chi connectivity index (χ3n) is 5.69. The maximum atomic E-state index is 12.5. The van der Waals surface area contributed by atoms with Crippen LogP contribution in [-0.4, -0.2) is 46.2 Å². The molecular formula is C27H24N2O7S2. The number of carbonyl (C=O) groups excluding carboxylic acids is 3. The van der Waals surface area contributed by atoms with Gasteiger partial charge in [0, 0.05) is 46.6 Å². The number of hydrogen-bond donors (Lipinski definition) is 4. The van der Waals surface area contributed by atoms with Crippen molar-refractivity contribution in [2.45, 2.75) is 32.1 Å². The van der Waals surface area contributed by atoms with Gasteiger partial charge in [-0.25, -0.2) is 0 Å². The summed E-state index contributed by atoms with van der Waals surface area (Å²) < 4.78 is 1.72. The predicted octanol–water partition coefficient (Wildman–Crippen LogP) is 5.65. The number of aliphatic carboxylic acids is 2. The molecule has 0 saturated carbocycles. The number of thiophene rings is 2. The van der Waals surface area contributed by atoms with E-state index < -0.39 is 11.9 Å². The van der Waals surface area contributed by atoms with Gasteiger partial charge >= 0.3 is 11.9 Å². The summed E-state index contributed by atoms with van der Waals surface area (Å²) in [6.45, 7) is 0.386. The van der Waals surface area contributed by atoms with Crippen LogP contribution < -0.4 is 10.6 Å². The topological polar surface area (TPSA) is 150 Å². The van der Waals surface area contributed by atoms with Crippen LogP contribution in [0.3, 0.4) is 0 Å². The second-order valence-electron chi connectivity index (χ2n) is 8.59. The molecule has 2 aromatic heterocycles. The van der Waals surface area contributed by atoms with Crippen LogP contribution in [0, 0.1) is 0 Å². The Morgan fingerprint density at radius 2 is 1.13 bits per heavy atom. The molecule has 11 heteroatoms. The molecule has 1 amide bonds. The monoisotopic (exact) mass is 552 g/mol. The first kappa shape index (κ1) is 27.0. The number of Topliss-reactive ketones (excluding diaryl/α,β-unsaturated/α-hetero) is 2. The minimum atomic E-state index is -1.01. The summed E-state index contributed by atoms with van der Waals surface area (Å²) in [5, 5.41) is 25.3. The quantitative estimate of drug-likeness (QED) is 0.155. The zero-order valence-electron chi connectivity index (χ0n) is 20.1. The lowest BCUT2D eigenvalue weighted by molar-refractivity contribution is -0.137. The summed E-state index contributed by atoms with van der Waals surface area (Å²) in [5.41, 5.74) is 1.41. The standard InChI is InChI=1S/C27H24N2O7S2/c30-19(5-7-26(33)34)23-11-15-1-3-17(13-21(15)37-23)28-10-9-25(32)29-18-4-2-16-12-24(38-22(16)14-18)20(31)6-8-27(35)36/h1-4,11-14,28H,5-10H2,(H,29,32)(H,33,34)(H,35,36). The first-order chi connectivity index (χ1) is 18.2. The number of anilines is 2. The van der Waals surface area contributed by atoms with Gasteiger partial charge in [0.1, 0.15) is 0 Å². The van der Waals surface area contributed by atoms with Gasteiger partial charge < -0.3 is 20.8 Å². The molecule has 0 radical (unpaired) electrons. The molecule has 2 heterocycles. The number of hydrogen-bond acceptors (Lipinski definition) is 8. The van der Waals surface area contributed by atoms with E-state index in [1.807, 2.05) is 24.3 Å². The Hall–Kier alpha value is -4.09. The van der Waals surface area contributed by atoms with Gasteiger partial charge in [-0.1, -0.05) is 12.1 Å². The second kappa shape index (κ2) is 12.0. The molecule has 0 fully saturated rings. The number of carboxylic acid groups (broad SMARTS) is 2. The Bertz CT molecular complexity index is 1550. The van der Waals surface area contributed by atoms with Gasteiger partial charge in [0.2, 0.25) is 5.91 Å². The van der Waals surface area contributed by atoms with E-state index in [9.17, 15) is 24.0 Å². The highest BCUT2D eigenvalue weighted by atomic mass is 32.1. The van der Waals surface area contributed by atoms with E-state index in [1.165, 1.54) is 22.7 Å². The lowest BCUT2D eigenvalue weighted by atomic mass is 10.1. The zero-order chi connectivity index (χ0) is 27.2. The average molecular weight is 553 g/mol. The fraction of sp³-hybridized carbons (Fsp3) is 0.222. The van der Waals surface area contributed by atoms with Crippen molar-refractivity contribution in [1.29, 1.82) is 0 Å². The van der Waals surface area contributed by atoms with Crippen LogP contribution in [0.15, 0.2) is 48.5 Å². The Kier molecular flexibility index (Phi) is 8.49. The fourth-order valence-corrected chi connectivity index (χ4v) is 5.89. The second-order valence-corrected chi connectivity index (χ2v) is 10.8. The van der Waals surface area contributed by atoms with Crippen LogP contribution in [-0.2, 0) is 14.4 Å². The number of carboxylic acids is 2. The molecule has 2 aromatic carbocycles. The molecule has 0 spiro atoms. The molecule has 0 bridgehead atoms. The van der Waals surface area contributed by atoms with Crippen LogP contribution in [0.5, 0.6) is 0 Å². The minimum Gasteiger partial charge on any atom is -0.481 e. The van der Waals surface area contributed by atoms with E-state index in [4.69, 9.17) is 10.2 Å². The van der Waals surface area contributed by atoms with E-state index >= 15 is 0 Å². The summed E-state index contributed by atoms with van der Waals surface area (Å²) in [7, 11) is 0. The lowest BCUT2D eigenvalue weighted by Gasteiger charge is -2.08. The Balaban J connectivity index is 1.30. The Morgan fingerprint density at radius 3 is 1.66 bits per heavy atom. The highest BCUT2D eigenvalue weighted by molar-refractivity contribution is 7.21. The van der Waals surface area contributed by atoms with E-state index in [1.54, 1.807) is 24.3 Å². The third-order valence-corrected chi connectivity index (χ3v) is 7.96. The molecule has 0 aliphatic carbocycles. The highest BCUT2D eigenvalue weighted by Gasteiger charge is 2.14. The molecule has 0 atom stereocenters. The van der Waals surface area contributed by atoms with Gasteiger partial charge in [0.15, 0.2) is 11.6 Å². The van der Waals surface area contributed by atoms with Crippen LogP contribution in [0.2, 0.25) is 0 Å². The molecule has 0 aliphatic rings. The summed E-state index contributed by atoms with van der Waals surface area (Å²) in [4.78, 5) is 59.3. The number of ketones is 2. The van der Waals surface area contributed by atoms with Crippen molar-refractivity contribution in [3.05, 3.63) is 58.3 Å². The van der Waals surface area contributed by atoms with Gasteiger partial charge in [-0.05, 0) is 47.2 Å². The number of fused-ring (bicyclic) bond motifs is 2. The summed E-state index contributed by atoms with van der Waals surface area (Å²) in [6.07, 6.45) is -0.279. The smallest absolute Gasteiger partial charge is 0.303 e. The van der Waals surface area contributed by atoms with Gasteiger partial charge in [0.25, 0.3) is 0 Å². The largest absolute Gasteiger partial charge is 0.481 e. The first-order valence-electron chi connectivity index (χ1n) is 11.8. The molecule has 4 N–H and O–H groups in total. The number of amides is 1. The Labute approximate surface area is 225 Å². The van der Waals surface area contributed by atoms with Crippen LogP contribution in [0.25, 0.3) is 20.2 Å². The molecule has 0 unspecified atom stereocenters. The molecule has 196 valence electrons. The SMILES string of the molecule is O=C(O)CCC(=O)c1cc2ccc(NCCC(=O)Nc3ccc4cc(C(=O)CCC(=O)O)sc4c3)cc2s1. The highest BCUT2D eigenvalue weighted by Crippen LogP contribution is 2.30. The summed E-state index contributed by atoms with van der Waals surface area (Å²) in [6, 6.07) is 14.5. The molecule has 0 aliphatic heterocycles. The first-order valence-corrected chi connectivity index (χ1v) is 13.4. The Morgan fingerprint density at radius 1 is 0.632 bits per heavy atom. The number of carbonyl (C=O) groups is 5. The summed E-state index contributed by atoms with van der Waals surface area (Å²) >= 11 is 2.58. The average Bonchev–Trinajstić information content (AvgIpc) is 3.49. The van der Waals surface area contributed by atoms with Crippen LogP contribution in [0.1, 0.15) is 51.4 Å². The van der Waals surface area contributed by atoms with Crippen molar-refractivity contribution in [2.24, 2.45) is 0 Å². The molecule has 9 nitrogen and oxygen atoms in total. The summed E-state index contributed by atoms with van der Waals surface area (Å²) in [5.74, 6) is -2.61. The number of rotatable bonds is 13. The molecule has 0 saturated heterocycles. The maximum absolute atomic E-state index is 12.5. The number of nitrogens with one attached hydrogen (secondary N) is 2. The van der Waals surface area contributed by atoms with Crippen molar-refractivity contribution < 1.29 is 34.2 Å². The van der Waals surface area contributed by atoms with E-state index in [2.05, 4.69) is 10.6 Å². The van der Waals surface area contributed by atoms with E-state index in [0.717, 1.165) is 25.9 Å². The molecule has 4 rings (SSSR count). The van der Waals surface area contributed by atoms with Gasteiger partial charge in [-0.2, -0.15) is 0 Å². The molecular weight excluding hydrogens is 528 g/mol. The third kappa shape index (κ3) is 7.02. The number of benzene rings is 2.